The minimum atomic E-state index is 0.121. The fourth-order valence-electron chi connectivity index (χ4n) is 2.10. The lowest BCUT2D eigenvalue weighted by Crippen LogP contribution is -2.04. The van der Waals surface area contributed by atoms with Gasteiger partial charge in [0.05, 0.1) is 22.1 Å². The molecular weight excluding hydrogens is 284 g/mol. The lowest BCUT2D eigenvalue weighted by atomic mass is 10.2. The van der Waals surface area contributed by atoms with Crippen LogP contribution in [0.1, 0.15) is 0 Å². The maximum Gasteiger partial charge on any atom is 0.188 e. The first-order valence-electron chi connectivity index (χ1n) is 6.76. The van der Waals surface area contributed by atoms with Crippen molar-refractivity contribution in [3.8, 4) is 11.5 Å². The summed E-state index contributed by atoms with van der Waals surface area (Å²) < 4.78 is 21.0. The largest absolute Gasteiger partial charge is 0.464 e. The summed E-state index contributed by atoms with van der Waals surface area (Å²) in [6.45, 7) is 0.242. The number of rotatable bonds is 6. The predicted molar refractivity (Wildman–Crippen MR) is 82.1 cm³/mol. The number of fused-ring (bicyclic) bond motifs is 2. The van der Waals surface area contributed by atoms with Gasteiger partial charge in [-0.2, -0.15) is 0 Å². The maximum atomic E-state index is 5.53. The molecule has 1 aromatic heterocycles. The van der Waals surface area contributed by atoms with Crippen LogP contribution in [0.3, 0.4) is 0 Å². The van der Waals surface area contributed by atoms with Gasteiger partial charge in [0.25, 0.3) is 0 Å². The molecule has 0 aliphatic heterocycles. The quantitative estimate of drug-likeness (QED) is 0.515. The SMILES string of the molecule is COCOc1cc2nc3ccccc3nc2cc1OCOC. The molecule has 0 unspecified atom stereocenters. The predicted octanol–water partition coefficient (Wildman–Crippen LogP) is 2.75. The molecule has 6 nitrogen and oxygen atoms in total. The molecule has 3 rings (SSSR count). The molecule has 0 bridgehead atoms. The van der Waals surface area contributed by atoms with Crippen LogP contribution in [0.15, 0.2) is 36.4 Å². The highest BCUT2D eigenvalue weighted by molar-refractivity contribution is 5.88. The van der Waals surface area contributed by atoms with Crippen molar-refractivity contribution in [1.29, 1.82) is 0 Å². The summed E-state index contributed by atoms with van der Waals surface area (Å²) in [4.78, 5) is 9.20. The summed E-state index contributed by atoms with van der Waals surface area (Å²) in [5.41, 5.74) is 3.13. The average molecular weight is 300 g/mol. The van der Waals surface area contributed by atoms with Crippen molar-refractivity contribution in [2.75, 3.05) is 27.8 Å². The maximum absolute atomic E-state index is 5.53. The lowest BCUT2D eigenvalue weighted by Gasteiger charge is -2.12. The minimum absolute atomic E-state index is 0.121. The minimum Gasteiger partial charge on any atom is -0.464 e. The number of methoxy groups -OCH3 is 2. The Morgan fingerprint density at radius 1 is 0.727 bits per heavy atom. The van der Waals surface area contributed by atoms with Gasteiger partial charge in [-0.05, 0) is 12.1 Å². The van der Waals surface area contributed by atoms with Gasteiger partial charge in [-0.15, -0.1) is 0 Å². The molecule has 0 amide bonds. The molecule has 0 aliphatic rings. The second-order valence-corrected chi connectivity index (χ2v) is 4.60. The monoisotopic (exact) mass is 300 g/mol. The van der Waals surface area contributed by atoms with E-state index < -0.39 is 0 Å². The average Bonchev–Trinajstić information content (AvgIpc) is 2.55. The number of hydrogen-bond acceptors (Lipinski definition) is 6. The molecule has 1 heterocycles. The van der Waals surface area contributed by atoms with Gasteiger partial charge < -0.3 is 18.9 Å². The summed E-state index contributed by atoms with van der Waals surface area (Å²) in [6, 6.07) is 11.3. The third-order valence-corrected chi connectivity index (χ3v) is 3.07. The van der Waals surface area contributed by atoms with Crippen LogP contribution in [-0.2, 0) is 9.47 Å². The van der Waals surface area contributed by atoms with E-state index in [1.807, 2.05) is 24.3 Å². The van der Waals surface area contributed by atoms with Crippen molar-refractivity contribution < 1.29 is 18.9 Å². The second kappa shape index (κ2) is 6.55. The van der Waals surface area contributed by atoms with Gasteiger partial charge in [0, 0.05) is 26.4 Å². The molecule has 0 spiro atoms. The van der Waals surface area contributed by atoms with Crippen LogP contribution >= 0.6 is 0 Å². The van der Waals surface area contributed by atoms with E-state index in [0.717, 1.165) is 22.1 Å². The van der Waals surface area contributed by atoms with Gasteiger partial charge >= 0.3 is 0 Å². The van der Waals surface area contributed by atoms with E-state index in [0.29, 0.717) is 11.5 Å². The van der Waals surface area contributed by atoms with Gasteiger partial charge in [0.15, 0.2) is 25.1 Å². The summed E-state index contributed by atoms with van der Waals surface area (Å²) in [6.07, 6.45) is 0. The Balaban J connectivity index is 2.11. The van der Waals surface area contributed by atoms with E-state index in [4.69, 9.17) is 18.9 Å². The molecule has 0 saturated carbocycles. The van der Waals surface area contributed by atoms with E-state index in [1.54, 1.807) is 26.4 Å². The fourth-order valence-corrected chi connectivity index (χ4v) is 2.10. The molecule has 2 aromatic carbocycles. The smallest absolute Gasteiger partial charge is 0.188 e. The van der Waals surface area contributed by atoms with Crippen LogP contribution in [0.4, 0.5) is 0 Å². The van der Waals surface area contributed by atoms with Crippen molar-refractivity contribution in [2.24, 2.45) is 0 Å². The molecule has 6 heteroatoms. The Morgan fingerprint density at radius 2 is 1.18 bits per heavy atom. The van der Waals surface area contributed by atoms with Gasteiger partial charge in [-0.25, -0.2) is 9.97 Å². The molecule has 3 aromatic rings. The molecule has 0 fully saturated rings. The molecule has 0 aliphatic carbocycles. The van der Waals surface area contributed by atoms with E-state index in [-0.39, 0.29) is 13.6 Å². The Kier molecular flexibility index (Phi) is 4.32. The molecule has 0 radical (unpaired) electrons. The second-order valence-electron chi connectivity index (χ2n) is 4.60. The molecule has 114 valence electrons. The van der Waals surface area contributed by atoms with E-state index in [1.165, 1.54) is 0 Å². The number of ether oxygens (including phenoxy) is 4. The van der Waals surface area contributed by atoms with E-state index in [9.17, 15) is 0 Å². The van der Waals surface area contributed by atoms with Crippen LogP contribution in [-0.4, -0.2) is 37.8 Å². The topological polar surface area (TPSA) is 62.7 Å². The third-order valence-electron chi connectivity index (χ3n) is 3.07. The van der Waals surface area contributed by atoms with Crippen molar-refractivity contribution >= 4 is 22.1 Å². The van der Waals surface area contributed by atoms with Crippen LogP contribution < -0.4 is 9.47 Å². The molecule has 0 N–H and O–H groups in total. The number of nitrogens with zero attached hydrogens (tertiary/aromatic N) is 2. The number of benzene rings is 2. The molecular formula is C16H16N2O4. The van der Waals surface area contributed by atoms with Gasteiger partial charge in [0.2, 0.25) is 0 Å². The van der Waals surface area contributed by atoms with Crippen LogP contribution in [0.25, 0.3) is 22.1 Å². The van der Waals surface area contributed by atoms with Crippen molar-refractivity contribution in [2.45, 2.75) is 0 Å². The standard InChI is InChI=1S/C16H16N2O4/c1-19-9-21-15-7-13-14(8-16(15)22-10-20-2)18-12-6-4-3-5-11(12)17-13/h3-8H,9-10H2,1-2H3. The first kappa shape index (κ1) is 14.5. The number of para-hydroxylation sites is 2. The Labute approximate surface area is 127 Å². The van der Waals surface area contributed by atoms with Crippen LogP contribution in [0.2, 0.25) is 0 Å². The van der Waals surface area contributed by atoms with Gasteiger partial charge in [-0.3, -0.25) is 0 Å². The van der Waals surface area contributed by atoms with E-state index in [2.05, 4.69) is 9.97 Å². The highest BCUT2D eigenvalue weighted by atomic mass is 16.7. The Bertz CT molecular complexity index is 726. The van der Waals surface area contributed by atoms with Crippen LogP contribution in [0.5, 0.6) is 11.5 Å². The zero-order chi connectivity index (χ0) is 15.4. The van der Waals surface area contributed by atoms with Crippen molar-refractivity contribution in [1.82, 2.24) is 9.97 Å². The van der Waals surface area contributed by atoms with Crippen molar-refractivity contribution in [3.05, 3.63) is 36.4 Å². The molecule has 0 saturated heterocycles. The Morgan fingerprint density at radius 3 is 1.59 bits per heavy atom. The van der Waals surface area contributed by atoms with E-state index >= 15 is 0 Å². The molecule has 0 atom stereocenters. The first-order chi connectivity index (χ1) is 10.8. The van der Waals surface area contributed by atoms with Crippen molar-refractivity contribution in [3.63, 3.8) is 0 Å². The van der Waals surface area contributed by atoms with Gasteiger partial charge in [-0.1, -0.05) is 12.1 Å². The third kappa shape index (κ3) is 2.93. The molecule has 22 heavy (non-hydrogen) atoms. The Hall–Kier alpha value is -2.44. The number of hydrogen-bond donors (Lipinski definition) is 0. The summed E-state index contributed by atoms with van der Waals surface area (Å²) in [7, 11) is 3.12. The summed E-state index contributed by atoms with van der Waals surface area (Å²) in [5, 5.41) is 0. The fraction of sp³-hybridized carbons (Fsp3) is 0.250. The highest BCUT2D eigenvalue weighted by Crippen LogP contribution is 2.32. The zero-order valence-electron chi connectivity index (χ0n) is 12.4. The zero-order valence-corrected chi connectivity index (χ0v) is 12.4. The first-order valence-corrected chi connectivity index (χ1v) is 6.76. The lowest BCUT2D eigenvalue weighted by molar-refractivity contribution is 0.0324. The summed E-state index contributed by atoms with van der Waals surface area (Å²) in [5.74, 6) is 1.08. The number of aromatic nitrogens is 2. The highest BCUT2D eigenvalue weighted by Gasteiger charge is 2.11. The summed E-state index contributed by atoms with van der Waals surface area (Å²) >= 11 is 0. The van der Waals surface area contributed by atoms with Crippen LogP contribution in [0, 0.1) is 0 Å². The van der Waals surface area contributed by atoms with Gasteiger partial charge in [0.1, 0.15) is 0 Å². The normalized spacial score (nSPS) is 11.0.